The third-order valence-electron chi connectivity index (χ3n) is 6.09. The van der Waals surface area contributed by atoms with Crippen molar-refractivity contribution in [2.75, 3.05) is 27.7 Å². The molecule has 0 aliphatic heterocycles. The lowest BCUT2D eigenvalue weighted by Crippen LogP contribution is -2.44. The molecule has 0 spiro atoms. The van der Waals surface area contributed by atoms with E-state index >= 15 is 0 Å². The first-order valence-electron chi connectivity index (χ1n) is 13.2. The Morgan fingerprint density at radius 3 is 1.58 bits per heavy atom. The Morgan fingerprint density at radius 2 is 1.16 bits per heavy atom. The molecule has 0 aromatic rings. The van der Waals surface area contributed by atoms with E-state index in [9.17, 15) is 9.46 Å². The van der Waals surface area contributed by atoms with E-state index < -0.39 is 7.60 Å². The number of rotatable bonds is 22. The van der Waals surface area contributed by atoms with E-state index in [1.54, 1.807) is 0 Å². The van der Waals surface area contributed by atoms with E-state index in [4.69, 9.17) is 4.52 Å². The van der Waals surface area contributed by atoms with E-state index in [1.165, 1.54) is 89.9 Å². The number of quaternary nitrogens is 1. The molecular formula is C26H55NO3P+. The summed E-state index contributed by atoms with van der Waals surface area (Å²) >= 11 is 0. The van der Waals surface area contributed by atoms with Crippen LogP contribution in [0.5, 0.6) is 0 Å². The fourth-order valence-electron chi connectivity index (χ4n) is 4.25. The maximum atomic E-state index is 12.5. The molecule has 0 fully saturated rings. The first kappa shape index (κ1) is 30.9. The maximum absolute atomic E-state index is 12.5. The van der Waals surface area contributed by atoms with Gasteiger partial charge in [0.25, 0.3) is 0 Å². The minimum Gasteiger partial charge on any atom is -0.320 e. The smallest absolute Gasteiger partial charge is 0.320 e. The van der Waals surface area contributed by atoms with Crippen LogP contribution >= 0.6 is 7.60 Å². The molecule has 186 valence electrons. The zero-order valence-electron chi connectivity index (χ0n) is 21.6. The zero-order chi connectivity index (χ0) is 23.4. The fraction of sp³-hybridized carbons (Fsp3) is 0.923. The van der Waals surface area contributed by atoms with Crippen molar-refractivity contribution >= 4 is 7.60 Å². The second kappa shape index (κ2) is 19.3. The molecule has 2 unspecified atom stereocenters. The molecule has 0 saturated heterocycles. The lowest BCUT2D eigenvalue weighted by molar-refractivity contribution is -0.883. The highest BCUT2D eigenvalue weighted by molar-refractivity contribution is 7.53. The van der Waals surface area contributed by atoms with Crippen LogP contribution in [0.15, 0.2) is 12.2 Å². The third-order valence-corrected chi connectivity index (χ3v) is 8.45. The number of nitrogens with zero attached hydrogens (tertiary/aromatic N) is 1. The van der Waals surface area contributed by atoms with Crippen LogP contribution in [0.4, 0.5) is 0 Å². The fourth-order valence-corrected chi connectivity index (χ4v) is 6.12. The van der Waals surface area contributed by atoms with Crippen molar-refractivity contribution in [3.8, 4) is 0 Å². The highest BCUT2D eigenvalue weighted by Gasteiger charge is 2.41. The summed E-state index contributed by atoms with van der Waals surface area (Å²) in [6, 6.07) is 0. The van der Waals surface area contributed by atoms with E-state index in [0.29, 0.717) is 23.9 Å². The van der Waals surface area contributed by atoms with Gasteiger partial charge in [0.2, 0.25) is 0 Å². The number of allylic oxidation sites excluding steroid dienone is 1. The largest absolute Gasteiger partial charge is 0.385 e. The van der Waals surface area contributed by atoms with E-state index in [1.807, 2.05) is 28.1 Å². The minimum atomic E-state index is -3.58. The van der Waals surface area contributed by atoms with Gasteiger partial charge in [-0.2, -0.15) is 0 Å². The van der Waals surface area contributed by atoms with E-state index in [-0.39, 0.29) is 5.78 Å². The monoisotopic (exact) mass is 460 g/mol. The summed E-state index contributed by atoms with van der Waals surface area (Å²) in [5.74, 6) is -0.368. The summed E-state index contributed by atoms with van der Waals surface area (Å²) in [7, 11) is 2.25. The Bertz CT molecular complexity index is 474. The molecule has 0 radical (unpaired) electrons. The highest BCUT2D eigenvalue weighted by Crippen LogP contribution is 2.51. The molecule has 0 saturated carbocycles. The van der Waals surface area contributed by atoms with Crippen LogP contribution in [0, 0.1) is 0 Å². The molecule has 2 atom stereocenters. The molecule has 4 nitrogen and oxygen atoms in total. The predicted octanol–water partition coefficient (Wildman–Crippen LogP) is 8.45. The van der Waals surface area contributed by atoms with Crippen molar-refractivity contribution in [2.45, 2.75) is 129 Å². The molecule has 31 heavy (non-hydrogen) atoms. The SMILES string of the molecule is CCCCCCCCCCCCCCCCC=CCCOP(=O)(O)C(CC)[N+](C)(C)C. The van der Waals surface area contributed by atoms with Gasteiger partial charge in [-0.15, -0.1) is 0 Å². The lowest BCUT2D eigenvalue weighted by atomic mass is 10.0. The Hall–Kier alpha value is -0.150. The molecule has 0 aromatic carbocycles. The summed E-state index contributed by atoms with van der Waals surface area (Å²) in [5.41, 5.74) is 0. The summed E-state index contributed by atoms with van der Waals surface area (Å²) in [6.45, 7) is 4.54. The van der Waals surface area contributed by atoms with Crippen molar-refractivity contribution in [3.05, 3.63) is 12.2 Å². The predicted molar refractivity (Wildman–Crippen MR) is 137 cm³/mol. The average molecular weight is 461 g/mol. The van der Waals surface area contributed by atoms with Crippen molar-refractivity contribution in [1.29, 1.82) is 0 Å². The van der Waals surface area contributed by atoms with Gasteiger partial charge < -0.3 is 13.9 Å². The molecule has 0 bridgehead atoms. The molecule has 5 heteroatoms. The molecule has 0 rings (SSSR count). The molecular weight excluding hydrogens is 405 g/mol. The van der Waals surface area contributed by atoms with E-state index in [2.05, 4.69) is 19.1 Å². The summed E-state index contributed by atoms with van der Waals surface area (Å²) in [6.07, 6.45) is 26.2. The van der Waals surface area contributed by atoms with Gasteiger partial charge in [-0.05, 0) is 19.3 Å². The minimum absolute atomic E-state index is 0.319. The van der Waals surface area contributed by atoms with Gasteiger partial charge in [-0.3, -0.25) is 4.57 Å². The van der Waals surface area contributed by atoms with Gasteiger partial charge in [-0.1, -0.05) is 109 Å². The molecule has 0 amide bonds. The van der Waals surface area contributed by atoms with Crippen molar-refractivity contribution < 1.29 is 18.5 Å². The molecule has 1 N–H and O–H groups in total. The van der Waals surface area contributed by atoms with Crippen LogP contribution < -0.4 is 0 Å². The average Bonchev–Trinajstić information content (AvgIpc) is 2.68. The van der Waals surface area contributed by atoms with Crippen LogP contribution in [0.25, 0.3) is 0 Å². The lowest BCUT2D eigenvalue weighted by Gasteiger charge is -2.35. The normalized spacial score (nSPS) is 15.4. The van der Waals surface area contributed by atoms with Crippen molar-refractivity contribution in [2.24, 2.45) is 0 Å². The first-order chi connectivity index (χ1) is 14.8. The third kappa shape index (κ3) is 18.0. The maximum Gasteiger partial charge on any atom is 0.385 e. The second-order valence-electron chi connectivity index (χ2n) is 10.0. The Kier molecular flexibility index (Phi) is 19.2. The number of unbranched alkanes of at least 4 members (excludes halogenated alkanes) is 14. The van der Waals surface area contributed by atoms with Gasteiger partial charge in [0.1, 0.15) is 0 Å². The zero-order valence-corrected chi connectivity index (χ0v) is 22.5. The van der Waals surface area contributed by atoms with Crippen LogP contribution in [0.1, 0.15) is 123 Å². The van der Waals surface area contributed by atoms with Crippen LogP contribution in [-0.2, 0) is 9.09 Å². The van der Waals surface area contributed by atoms with Gasteiger partial charge >= 0.3 is 7.60 Å². The van der Waals surface area contributed by atoms with Crippen LogP contribution in [0.2, 0.25) is 0 Å². The Balaban J connectivity index is 3.50. The quantitative estimate of drug-likeness (QED) is 0.0763. The van der Waals surface area contributed by atoms with Crippen molar-refractivity contribution in [3.63, 3.8) is 0 Å². The topological polar surface area (TPSA) is 46.5 Å². The van der Waals surface area contributed by atoms with Crippen LogP contribution in [-0.4, -0.2) is 42.9 Å². The van der Waals surface area contributed by atoms with Gasteiger partial charge in [0, 0.05) is 6.42 Å². The molecule has 0 aliphatic carbocycles. The number of hydrogen-bond donors (Lipinski definition) is 1. The van der Waals surface area contributed by atoms with Gasteiger partial charge in [-0.25, -0.2) is 0 Å². The Labute approximate surface area is 195 Å². The highest BCUT2D eigenvalue weighted by atomic mass is 31.2. The summed E-state index contributed by atoms with van der Waals surface area (Å²) in [4.78, 5) is 10.2. The summed E-state index contributed by atoms with van der Waals surface area (Å²) in [5, 5.41) is 0. The standard InChI is InChI=1S/C26H54NO3P/c1-6-8-9-10-11-12-13-14-15-16-17-18-19-20-21-22-23-24-25-30-31(28,29)26(7-2)27(3,4)5/h22-23,26H,6-21,24-25H2,1-5H3/p+1. The molecule has 0 aromatic heterocycles. The van der Waals surface area contributed by atoms with Crippen LogP contribution in [0.3, 0.4) is 0 Å². The van der Waals surface area contributed by atoms with E-state index in [0.717, 1.165) is 6.42 Å². The molecule has 0 heterocycles. The van der Waals surface area contributed by atoms with Gasteiger partial charge in [0.15, 0.2) is 5.78 Å². The first-order valence-corrected chi connectivity index (χ1v) is 14.8. The summed E-state index contributed by atoms with van der Waals surface area (Å²) < 4.78 is 18.3. The van der Waals surface area contributed by atoms with Crippen molar-refractivity contribution in [1.82, 2.24) is 0 Å². The molecule has 0 aliphatic rings. The van der Waals surface area contributed by atoms with Gasteiger partial charge in [0.05, 0.1) is 27.7 Å². The Morgan fingerprint density at radius 1 is 0.742 bits per heavy atom. The second-order valence-corrected chi connectivity index (χ2v) is 12.0. The number of hydrogen-bond acceptors (Lipinski definition) is 2.